The van der Waals surface area contributed by atoms with E-state index in [4.69, 9.17) is 33.7 Å². The highest BCUT2D eigenvalue weighted by Gasteiger charge is 2.17. The van der Waals surface area contributed by atoms with E-state index in [0.29, 0.717) is 40.2 Å². The number of nitrogen functional groups attached to an aromatic ring is 1. The smallest absolute Gasteiger partial charge is 0.252 e. The van der Waals surface area contributed by atoms with E-state index >= 15 is 0 Å². The van der Waals surface area contributed by atoms with E-state index < -0.39 is 0 Å². The number of halogens is 2. The van der Waals surface area contributed by atoms with Crippen LogP contribution in [0.2, 0.25) is 10.0 Å². The summed E-state index contributed by atoms with van der Waals surface area (Å²) in [5.41, 5.74) is 7.37. The van der Waals surface area contributed by atoms with Crippen LogP contribution in [-0.4, -0.2) is 19.7 Å². The van der Waals surface area contributed by atoms with Crippen LogP contribution < -0.4 is 16.0 Å². The topological polar surface area (TPSA) is 98.8 Å². The van der Waals surface area contributed by atoms with Gasteiger partial charge in [0, 0.05) is 16.1 Å². The highest BCUT2D eigenvalue weighted by atomic mass is 35.5. The molecule has 2 heterocycles. The van der Waals surface area contributed by atoms with Crippen molar-refractivity contribution < 1.29 is 4.74 Å². The fraction of sp³-hybridized carbons (Fsp3) is 0.235. The molecule has 0 aliphatic carbocycles. The predicted octanol–water partition coefficient (Wildman–Crippen LogP) is 3.57. The lowest BCUT2D eigenvalue weighted by Gasteiger charge is -2.08. The zero-order valence-corrected chi connectivity index (χ0v) is 15.7. The van der Waals surface area contributed by atoms with Gasteiger partial charge in [0.1, 0.15) is 11.4 Å². The molecule has 2 aromatic heterocycles. The molecule has 0 aliphatic heterocycles. The van der Waals surface area contributed by atoms with E-state index in [2.05, 4.69) is 15.1 Å². The van der Waals surface area contributed by atoms with Crippen LogP contribution in [0.5, 0.6) is 11.5 Å². The maximum absolute atomic E-state index is 11.6. The predicted molar refractivity (Wildman–Crippen MR) is 101 cm³/mol. The first-order valence-corrected chi connectivity index (χ1v) is 8.67. The second-order valence-electron chi connectivity index (χ2n) is 5.70. The lowest BCUT2D eigenvalue weighted by Crippen LogP contribution is -2.15. The highest BCUT2D eigenvalue weighted by Crippen LogP contribution is 2.32. The summed E-state index contributed by atoms with van der Waals surface area (Å²) < 4.78 is 7.72. The van der Waals surface area contributed by atoms with Gasteiger partial charge in [-0.2, -0.15) is 5.10 Å². The van der Waals surface area contributed by atoms with Gasteiger partial charge in [-0.05, 0) is 31.5 Å². The molecule has 0 aliphatic rings. The number of nitrogens with two attached hydrogens (primary N) is 1. The number of aromatic nitrogens is 4. The van der Waals surface area contributed by atoms with Crippen molar-refractivity contribution in [3.05, 3.63) is 61.7 Å². The zero-order chi connectivity index (χ0) is 18.8. The number of hydrogen-bond acceptors (Lipinski definition) is 5. The van der Waals surface area contributed by atoms with Gasteiger partial charge < -0.3 is 10.5 Å². The normalized spacial score (nSPS) is 10.9. The van der Waals surface area contributed by atoms with Crippen molar-refractivity contribution in [2.75, 3.05) is 5.73 Å². The second-order valence-corrected chi connectivity index (χ2v) is 6.57. The minimum absolute atomic E-state index is 0.0677. The van der Waals surface area contributed by atoms with Crippen molar-refractivity contribution in [1.29, 1.82) is 0 Å². The molecule has 0 bridgehead atoms. The summed E-state index contributed by atoms with van der Waals surface area (Å²) >= 11 is 12.1. The molecule has 7 nitrogen and oxygen atoms in total. The summed E-state index contributed by atoms with van der Waals surface area (Å²) in [6, 6.07) is 6.39. The van der Waals surface area contributed by atoms with E-state index in [9.17, 15) is 4.79 Å². The SMILES string of the molecule is CCc1nn(Cc2cc(=O)[nH]c(N)n2)c(C)c1Oc1cc(Cl)cc(Cl)c1. The Bertz CT molecular complexity index is 993. The number of aromatic amines is 1. The first-order chi connectivity index (χ1) is 12.4. The number of aryl methyl sites for hydroxylation is 1. The van der Waals surface area contributed by atoms with Crippen LogP contribution in [0, 0.1) is 6.92 Å². The van der Waals surface area contributed by atoms with E-state index in [1.807, 2.05) is 13.8 Å². The van der Waals surface area contributed by atoms with Gasteiger partial charge in [0.25, 0.3) is 5.56 Å². The third kappa shape index (κ3) is 4.00. The van der Waals surface area contributed by atoms with Crippen molar-refractivity contribution >= 4 is 29.2 Å². The van der Waals surface area contributed by atoms with Crippen LogP contribution in [0.25, 0.3) is 0 Å². The quantitative estimate of drug-likeness (QED) is 0.689. The van der Waals surface area contributed by atoms with E-state index in [1.54, 1.807) is 22.9 Å². The van der Waals surface area contributed by atoms with Gasteiger partial charge >= 0.3 is 0 Å². The van der Waals surface area contributed by atoms with Gasteiger partial charge in [0.05, 0.1) is 17.9 Å². The molecule has 0 saturated heterocycles. The van der Waals surface area contributed by atoms with Crippen LogP contribution in [0.3, 0.4) is 0 Å². The Hall–Kier alpha value is -2.51. The molecule has 3 N–H and O–H groups in total. The zero-order valence-electron chi connectivity index (χ0n) is 14.2. The molecule has 1 aromatic carbocycles. The molecule has 0 unspecified atom stereocenters. The van der Waals surface area contributed by atoms with E-state index in [-0.39, 0.29) is 11.5 Å². The molecule has 0 radical (unpaired) electrons. The van der Waals surface area contributed by atoms with Crippen LogP contribution in [0.15, 0.2) is 29.1 Å². The fourth-order valence-electron chi connectivity index (χ4n) is 2.58. The molecule has 9 heteroatoms. The largest absolute Gasteiger partial charge is 0.453 e. The Morgan fingerprint density at radius 1 is 1.23 bits per heavy atom. The van der Waals surface area contributed by atoms with Crippen LogP contribution in [-0.2, 0) is 13.0 Å². The molecular formula is C17H17Cl2N5O2. The number of anilines is 1. The Labute approximate surface area is 159 Å². The molecule has 0 fully saturated rings. The lowest BCUT2D eigenvalue weighted by molar-refractivity contribution is 0.471. The van der Waals surface area contributed by atoms with Gasteiger partial charge in [0.2, 0.25) is 5.95 Å². The number of benzene rings is 1. The second kappa shape index (κ2) is 7.39. The molecule has 3 aromatic rings. The number of H-pyrrole nitrogens is 1. The molecule has 0 amide bonds. The molecular weight excluding hydrogens is 377 g/mol. The summed E-state index contributed by atoms with van der Waals surface area (Å²) in [4.78, 5) is 18.1. The maximum Gasteiger partial charge on any atom is 0.252 e. The average molecular weight is 394 g/mol. The Morgan fingerprint density at radius 3 is 2.54 bits per heavy atom. The van der Waals surface area contributed by atoms with Crippen LogP contribution in [0.4, 0.5) is 5.95 Å². The number of nitrogens with one attached hydrogen (secondary N) is 1. The van der Waals surface area contributed by atoms with E-state index in [1.165, 1.54) is 6.07 Å². The lowest BCUT2D eigenvalue weighted by atomic mass is 10.2. The Morgan fingerprint density at radius 2 is 1.92 bits per heavy atom. The molecule has 0 atom stereocenters. The molecule has 0 saturated carbocycles. The Kier molecular flexibility index (Phi) is 5.20. The van der Waals surface area contributed by atoms with Crippen LogP contribution in [0.1, 0.15) is 24.0 Å². The molecule has 136 valence electrons. The first-order valence-electron chi connectivity index (χ1n) is 7.91. The number of ether oxygens (including phenoxy) is 1. The van der Waals surface area contributed by atoms with Gasteiger partial charge in [-0.3, -0.25) is 14.5 Å². The first kappa shape index (κ1) is 18.3. The van der Waals surface area contributed by atoms with Gasteiger partial charge in [-0.1, -0.05) is 30.1 Å². The maximum atomic E-state index is 11.6. The minimum atomic E-state index is -0.307. The number of rotatable bonds is 5. The summed E-state index contributed by atoms with van der Waals surface area (Å²) in [5, 5.41) is 5.53. The standard InChI is InChI=1S/C17H17Cl2N5O2/c1-3-14-16(26-13-5-10(18)4-11(19)6-13)9(2)24(23-14)8-12-7-15(25)22-17(20)21-12/h4-7H,3,8H2,1-2H3,(H3,20,21,22,25). The number of hydrogen-bond donors (Lipinski definition) is 2. The number of nitrogens with zero attached hydrogens (tertiary/aromatic N) is 3. The summed E-state index contributed by atoms with van der Waals surface area (Å²) in [5.74, 6) is 1.22. The average Bonchev–Trinajstić information content (AvgIpc) is 2.81. The summed E-state index contributed by atoms with van der Waals surface area (Å²) in [7, 11) is 0. The Balaban J connectivity index is 1.95. The monoisotopic (exact) mass is 393 g/mol. The summed E-state index contributed by atoms with van der Waals surface area (Å²) in [6.07, 6.45) is 0.669. The molecule has 26 heavy (non-hydrogen) atoms. The molecule has 3 rings (SSSR count). The van der Waals surface area contributed by atoms with Crippen molar-refractivity contribution in [2.24, 2.45) is 0 Å². The van der Waals surface area contributed by atoms with E-state index in [0.717, 1.165) is 11.4 Å². The van der Waals surface area contributed by atoms with Crippen LogP contribution >= 0.6 is 23.2 Å². The third-order valence-electron chi connectivity index (χ3n) is 3.73. The van der Waals surface area contributed by atoms with Gasteiger partial charge in [-0.15, -0.1) is 0 Å². The third-order valence-corrected chi connectivity index (χ3v) is 4.17. The molecule has 0 spiro atoms. The van der Waals surface area contributed by atoms with Gasteiger partial charge in [0.15, 0.2) is 5.75 Å². The van der Waals surface area contributed by atoms with Crippen molar-refractivity contribution in [2.45, 2.75) is 26.8 Å². The van der Waals surface area contributed by atoms with Crippen molar-refractivity contribution in [3.63, 3.8) is 0 Å². The highest BCUT2D eigenvalue weighted by molar-refractivity contribution is 6.34. The van der Waals surface area contributed by atoms with Crippen molar-refractivity contribution in [1.82, 2.24) is 19.7 Å². The minimum Gasteiger partial charge on any atom is -0.453 e. The van der Waals surface area contributed by atoms with Crippen molar-refractivity contribution in [3.8, 4) is 11.5 Å². The van der Waals surface area contributed by atoms with Gasteiger partial charge in [-0.25, -0.2) is 4.98 Å². The summed E-state index contributed by atoms with van der Waals surface area (Å²) in [6.45, 7) is 4.16. The fourth-order valence-corrected chi connectivity index (χ4v) is 3.08.